The minimum Gasteiger partial charge on any atom is -0.493 e. The van der Waals surface area contributed by atoms with E-state index in [0.29, 0.717) is 45.8 Å². The van der Waals surface area contributed by atoms with Crippen molar-refractivity contribution in [2.75, 3.05) is 12.4 Å². The van der Waals surface area contributed by atoms with Crippen molar-refractivity contribution in [3.05, 3.63) is 82.3 Å². The predicted octanol–water partition coefficient (Wildman–Crippen LogP) is 6.37. The van der Waals surface area contributed by atoms with Crippen LogP contribution in [0.15, 0.2) is 66.7 Å². The zero-order valence-corrected chi connectivity index (χ0v) is 16.8. The molecule has 0 aromatic heterocycles. The number of methoxy groups -OCH3 is 1. The molecule has 0 heterocycles. The first-order valence-corrected chi connectivity index (χ1v) is 9.45. The maximum Gasteiger partial charge on any atom is 0.224 e. The fourth-order valence-corrected chi connectivity index (χ4v) is 2.93. The van der Waals surface area contributed by atoms with Crippen LogP contribution in [0, 0.1) is 0 Å². The number of carbonyl (C=O) groups is 1. The third kappa shape index (κ3) is 5.41. The van der Waals surface area contributed by atoms with Crippen LogP contribution in [-0.2, 0) is 11.2 Å². The van der Waals surface area contributed by atoms with Gasteiger partial charge in [0, 0.05) is 16.5 Å². The summed E-state index contributed by atoms with van der Waals surface area (Å²) in [6.45, 7) is 0. The first-order chi connectivity index (χ1) is 13.5. The van der Waals surface area contributed by atoms with Crippen molar-refractivity contribution < 1.29 is 14.3 Å². The predicted molar refractivity (Wildman–Crippen MR) is 113 cm³/mol. The number of hydrogen-bond donors (Lipinski definition) is 1. The van der Waals surface area contributed by atoms with Crippen LogP contribution in [0.25, 0.3) is 0 Å². The summed E-state index contributed by atoms with van der Waals surface area (Å²) in [5.74, 6) is 1.48. The van der Waals surface area contributed by atoms with Gasteiger partial charge < -0.3 is 14.8 Å². The number of anilines is 1. The second-order valence-corrected chi connectivity index (χ2v) is 6.94. The summed E-state index contributed by atoms with van der Waals surface area (Å²) in [4.78, 5) is 12.4. The van der Waals surface area contributed by atoms with Gasteiger partial charge in [-0.15, -0.1) is 0 Å². The normalized spacial score (nSPS) is 10.4. The van der Waals surface area contributed by atoms with Gasteiger partial charge in [0.25, 0.3) is 0 Å². The first kappa shape index (κ1) is 20.1. The summed E-state index contributed by atoms with van der Waals surface area (Å²) in [5, 5.41) is 4.05. The van der Waals surface area contributed by atoms with Gasteiger partial charge in [-0.05, 0) is 54.4 Å². The van der Waals surface area contributed by atoms with E-state index in [1.807, 2.05) is 36.4 Å². The Morgan fingerprint density at radius 2 is 1.57 bits per heavy atom. The Balaban J connectivity index is 1.71. The quantitative estimate of drug-likeness (QED) is 0.487. The van der Waals surface area contributed by atoms with Gasteiger partial charge in [-0.25, -0.2) is 0 Å². The van der Waals surface area contributed by atoms with Crippen molar-refractivity contribution in [2.24, 2.45) is 0 Å². The fraction of sp³-hybridized carbons (Fsp3) is 0.136. The number of nitrogens with one attached hydrogen (secondary N) is 1. The minimum atomic E-state index is -0.137. The molecule has 1 N–H and O–H groups in total. The van der Waals surface area contributed by atoms with Crippen LogP contribution in [0.1, 0.15) is 12.0 Å². The number of halogens is 2. The molecule has 0 aliphatic rings. The van der Waals surface area contributed by atoms with Crippen molar-refractivity contribution in [3.63, 3.8) is 0 Å². The lowest BCUT2D eigenvalue weighted by Gasteiger charge is -2.14. The maximum absolute atomic E-state index is 12.4. The summed E-state index contributed by atoms with van der Waals surface area (Å²) < 4.78 is 11.3. The van der Waals surface area contributed by atoms with Gasteiger partial charge in [-0.2, -0.15) is 0 Å². The van der Waals surface area contributed by atoms with Crippen molar-refractivity contribution in [3.8, 4) is 17.2 Å². The molecule has 3 rings (SSSR count). The average Bonchev–Trinajstić information content (AvgIpc) is 2.70. The van der Waals surface area contributed by atoms with Crippen LogP contribution >= 0.6 is 23.2 Å². The molecule has 0 aliphatic heterocycles. The molecule has 0 aliphatic carbocycles. The zero-order chi connectivity index (χ0) is 19.9. The molecule has 0 spiro atoms. The molecule has 0 fully saturated rings. The molecule has 0 atom stereocenters. The highest BCUT2D eigenvalue weighted by molar-refractivity contribution is 6.31. The lowest BCUT2D eigenvalue weighted by atomic mass is 10.1. The van der Waals surface area contributed by atoms with Gasteiger partial charge >= 0.3 is 0 Å². The van der Waals surface area contributed by atoms with E-state index in [-0.39, 0.29) is 5.91 Å². The number of benzene rings is 3. The first-order valence-electron chi connectivity index (χ1n) is 8.70. The van der Waals surface area contributed by atoms with Crippen LogP contribution < -0.4 is 14.8 Å². The molecule has 0 saturated heterocycles. The Bertz CT molecular complexity index is 958. The molecule has 0 saturated carbocycles. The maximum atomic E-state index is 12.4. The molecule has 0 radical (unpaired) electrons. The number of hydrogen-bond acceptors (Lipinski definition) is 3. The third-order valence-electron chi connectivity index (χ3n) is 4.06. The van der Waals surface area contributed by atoms with E-state index in [1.54, 1.807) is 37.4 Å². The van der Waals surface area contributed by atoms with E-state index < -0.39 is 0 Å². The largest absolute Gasteiger partial charge is 0.493 e. The van der Waals surface area contributed by atoms with Gasteiger partial charge in [-0.1, -0.05) is 47.5 Å². The van der Waals surface area contributed by atoms with Crippen LogP contribution in [-0.4, -0.2) is 13.0 Å². The standard InChI is InChI=1S/C22H19Cl2NO3/c1-27-20-4-2-3-5-21(20)28-19-12-11-17(24)14-18(19)25-22(26)13-8-15-6-9-16(23)10-7-15/h2-7,9-12,14H,8,13H2,1H3,(H,25,26). The Morgan fingerprint density at radius 1 is 0.893 bits per heavy atom. The highest BCUT2D eigenvalue weighted by Gasteiger charge is 2.12. The number of carbonyl (C=O) groups excluding carboxylic acids is 1. The smallest absolute Gasteiger partial charge is 0.224 e. The van der Waals surface area contributed by atoms with E-state index in [2.05, 4.69) is 5.32 Å². The van der Waals surface area contributed by atoms with Crippen LogP contribution in [0.5, 0.6) is 17.2 Å². The number of rotatable bonds is 7. The zero-order valence-electron chi connectivity index (χ0n) is 15.2. The number of para-hydroxylation sites is 2. The molecule has 1 amide bonds. The summed E-state index contributed by atoms with van der Waals surface area (Å²) >= 11 is 12.0. The summed E-state index contributed by atoms with van der Waals surface area (Å²) in [6.07, 6.45) is 0.925. The van der Waals surface area contributed by atoms with Gasteiger partial charge in [0.1, 0.15) is 0 Å². The van der Waals surface area contributed by atoms with Gasteiger partial charge in [0.05, 0.1) is 12.8 Å². The van der Waals surface area contributed by atoms with Crippen LogP contribution in [0.3, 0.4) is 0 Å². The summed E-state index contributed by atoms with van der Waals surface area (Å²) in [7, 11) is 1.57. The molecular formula is C22H19Cl2NO3. The van der Waals surface area contributed by atoms with Crippen LogP contribution in [0.4, 0.5) is 5.69 Å². The number of ether oxygens (including phenoxy) is 2. The second kappa shape index (κ2) is 9.49. The van der Waals surface area contributed by atoms with Crippen molar-refractivity contribution in [1.29, 1.82) is 0 Å². The van der Waals surface area contributed by atoms with Crippen molar-refractivity contribution >= 4 is 34.8 Å². The van der Waals surface area contributed by atoms with E-state index in [1.165, 1.54) is 0 Å². The van der Waals surface area contributed by atoms with Crippen molar-refractivity contribution in [2.45, 2.75) is 12.8 Å². The minimum absolute atomic E-state index is 0.137. The van der Waals surface area contributed by atoms with Crippen molar-refractivity contribution in [1.82, 2.24) is 0 Å². The molecule has 0 unspecified atom stereocenters. The van der Waals surface area contributed by atoms with E-state index in [9.17, 15) is 4.79 Å². The molecule has 144 valence electrons. The SMILES string of the molecule is COc1ccccc1Oc1ccc(Cl)cc1NC(=O)CCc1ccc(Cl)cc1. The van der Waals surface area contributed by atoms with E-state index >= 15 is 0 Å². The molecule has 6 heteroatoms. The van der Waals surface area contributed by atoms with E-state index in [0.717, 1.165) is 5.56 Å². The number of aryl methyl sites for hydroxylation is 1. The highest BCUT2D eigenvalue weighted by Crippen LogP contribution is 2.36. The van der Waals surface area contributed by atoms with Gasteiger partial charge in [0.15, 0.2) is 17.2 Å². The van der Waals surface area contributed by atoms with Gasteiger partial charge in [0.2, 0.25) is 5.91 Å². The summed E-state index contributed by atoms with van der Waals surface area (Å²) in [6, 6.07) is 19.8. The second-order valence-electron chi connectivity index (χ2n) is 6.07. The summed E-state index contributed by atoms with van der Waals surface area (Å²) in [5.41, 5.74) is 1.54. The molecule has 3 aromatic carbocycles. The lowest BCUT2D eigenvalue weighted by molar-refractivity contribution is -0.116. The topological polar surface area (TPSA) is 47.6 Å². The Hall–Kier alpha value is -2.69. The Morgan fingerprint density at radius 3 is 2.29 bits per heavy atom. The Kier molecular flexibility index (Phi) is 6.80. The molecule has 3 aromatic rings. The number of amides is 1. The van der Waals surface area contributed by atoms with E-state index in [4.69, 9.17) is 32.7 Å². The molecular weight excluding hydrogens is 397 g/mol. The molecule has 28 heavy (non-hydrogen) atoms. The molecule has 0 bridgehead atoms. The lowest BCUT2D eigenvalue weighted by Crippen LogP contribution is -2.13. The van der Waals surface area contributed by atoms with Crippen LogP contribution in [0.2, 0.25) is 10.0 Å². The monoisotopic (exact) mass is 415 g/mol. The molecule has 4 nitrogen and oxygen atoms in total. The average molecular weight is 416 g/mol. The fourth-order valence-electron chi connectivity index (χ4n) is 2.63. The van der Waals surface area contributed by atoms with Gasteiger partial charge in [-0.3, -0.25) is 4.79 Å². The Labute approximate surface area is 174 Å². The third-order valence-corrected chi connectivity index (χ3v) is 4.55. The highest BCUT2D eigenvalue weighted by atomic mass is 35.5.